The number of nitrogens with one attached hydrogen (secondary N) is 1. The Morgan fingerprint density at radius 3 is 2.12 bits per heavy atom. The SMILES string of the molecule is COc1cc(NCCS(N)(=O)=O)cc(OC)c1. The molecule has 0 bridgehead atoms. The lowest BCUT2D eigenvalue weighted by Crippen LogP contribution is -2.22. The van der Waals surface area contributed by atoms with Crippen molar-refractivity contribution in [2.45, 2.75) is 0 Å². The Morgan fingerprint density at radius 1 is 1.18 bits per heavy atom. The van der Waals surface area contributed by atoms with Gasteiger partial charge in [0.1, 0.15) is 11.5 Å². The summed E-state index contributed by atoms with van der Waals surface area (Å²) in [4.78, 5) is 0. The number of anilines is 1. The van der Waals surface area contributed by atoms with E-state index in [0.29, 0.717) is 17.2 Å². The lowest BCUT2D eigenvalue weighted by atomic mass is 10.3. The number of nitrogens with two attached hydrogens (primary N) is 1. The third-order valence-corrected chi connectivity index (χ3v) is 2.84. The molecule has 1 aromatic carbocycles. The quantitative estimate of drug-likeness (QED) is 0.772. The van der Waals surface area contributed by atoms with Gasteiger partial charge in [-0.25, -0.2) is 13.6 Å². The van der Waals surface area contributed by atoms with E-state index in [1.807, 2.05) is 0 Å². The third kappa shape index (κ3) is 4.92. The Bertz CT molecular complexity index is 451. The van der Waals surface area contributed by atoms with Crippen LogP contribution in [-0.2, 0) is 10.0 Å². The van der Waals surface area contributed by atoms with E-state index in [-0.39, 0.29) is 12.3 Å². The van der Waals surface area contributed by atoms with Crippen LogP contribution in [0.4, 0.5) is 5.69 Å². The molecule has 0 saturated carbocycles. The van der Waals surface area contributed by atoms with Crippen LogP contribution >= 0.6 is 0 Å². The smallest absolute Gasteiger partial charge is 0.210 e. The minimum Gasteiger partial charge on any atom is -0.497 e. The number of methoxy groups -OCH3 is 2. The van der Waals surface area contributed by atoms with Crippen LogP contribution in [0, 0.1) is 0 Å². The molecule has 1 rings (SSSR count). The van der Waals surface area contributed by atoms with E-state index < -0.39 is 10.0 Å². The molecule has 0 spiro atoms. The van der Waals surface area contributed by atoms with Gasteiger partial charge in [-0.05, 0) is 0 Å². The van der Waals surface area contributed by atoms with Crippen LogP contribution in [0.5, 0.6) is 11.5 Å². The molecule has 0 amide bonds. The lowest BCUT2D eigenvalue weighted by molar-refractivity contribution is 0.394. The van der Waals surface area contributed by atoms with Gasteiger partial charge in [-0.3, -0.25) is 0 Å². The summed E-state index contributed by atoms with van der Waals surface area (Å²) in [6, 6.07) is 5.21. The van der Waals surface area contributed by atoms with E-state index in [1.165, 1.54) is 0 Å². The van der Waals surface area contributed by atoms with Crippen LogP contribution in [0.1, 0.15) is 0 Å². The second-order valence-corrected chi connectivity index (χ2v) is 5.13. The Hall–Kier alpha value is -1.47. The highest BCUT2D eigenvalue weighted by atomic mass is 32.2. The summed E-state index contributed by atoms with van der Waals surface area (Å²) >= 11 is 0. The number of hydrogen-bond acceptors (Lipinski definition) is 5. The zero-order chi connectivity index (χ0) is 12.9. The van der Waals surface area contributed by atoms with Crippen LogP contribution in [0.15, 0.2) is 18.2 Å². The predicted molar refractivity (Wildman–Crippen MR) is 66.0 cm³/mol. The highest BCUT2D eigenvalue weighted by Gasteiger charge is 2.04. The third-order valence-electron chi connectivity index (χ3n) is 2.07. The summed E-state index contributed by atoms with van der Waals surface area (Å²) in [5.74, 6) is 1.12. The Labute approximate surface area is 101 Å². The second kappa shape index (κ2) is 5.74. The van der Waals surface area contributed by atoms with Crippen LogP contribution in [-0.4, -0.2) is 34.9 Å². The number of primary sulfonamides is 1. The molecule has 96 valence electrons. The first kappa shape index (κ1) is 13.6. The molecule has 0 radical (unpaired) electrons. The maximum atomic E-state index is 10.8. The number of benzene rings is 1. The highest BCUT2D eigenvalue weighted by molar-refractivity contribution is 7.89. The van der Waals surface area contributed by atoms with Crippen molar-refractivity contribution in [2.24, 2.45) is 5.14 Å². The molecular weight excluding hydrogens is 244 g/mol. The fraction of sp³-hybridized carbons (Fsp3) is 0.400. The number of ether oxygens (including phenoxy) is 2. The molecule has 3 N–H and O–H groups in total. The first-order chi connectivity index (χ1) is 7.94. The van der Waals surface area contributed by atoms with Gasteiger partial charge in [0, 0.05) is 30.4 Å². The van der Waals surface area contributed by atoms with Gasteiger partial charge in [-0.1, -0.05) is 0 Å². The Morgan fingerprint density at radius 2 is 1.71 bits per heavy atom. The molecule has 1 aromatic rings. The van der Waals surface area contributed by atoms with Crippen LogP contribution in [0.3, 0.4) is 0 Å². The molecule has 7 heteroatoms. The fourth-order valence-corrected chi connectivity index (χ4v) is 1.63. The first-order valence-electron chi connectivity index (χ1n) is 4.92. The molecule has 0 aliphatic heterocycles. The van der Waals surface area contributed by atoms with Crippen molar-refractivity contribution in [1.29, 1.82) is 0 Å². The zero-order valence-electron chi connectivity index (χ0n) is 9.76. The minimum atomic E-state index is -3.45. The molecule has 0 aromatic heterocycles. The number of rotatable bonds is 6. The van der Waals surface area contributed by atoms with Crippen molar-refractivity contribution in [3.05, 3.63) is 18.2 Å². The van der Waals surface area contributed by atoms with E-state index in [4.69, 9.17) is 14.6 Å². The van der Waals surface area contributed by atoms with Crippen molar-refractivity contribution >= 4 is 15.7 Å². The summed E-state index contributed by atoms with van der Waals surface area (Å²) in [6.45, 7) is 0.231. The van der Waals surface area contributed by atoms with Crippen molar-refractivity contribution in [2.75, 3.05) is 31.8 Å². The minimum absolute atomic E-state index is 0.132. The van der Waals surface area contributed by atoms with Crippen molar-refractivity contribution in [1.82, 2.24) is 0 Å². The van der Waals surface area contributed by atoms with Crippen molar-refractivity contribution < 1.29 is 17.9 Å². The number of hydrogen-bond donors (Lipinski definition) is 2. The summed E-state index contributed by atoms with van der Waals surface area (Å²) in [6.07, 6.45) is 0. The molecular formula is C10H16N2O4S. The molecule has 0 unspecified atom stereocenters. The largest absolute Gasteiger partial charge is 0.497 e. The van der Waals surface area contributed by atoms with E-state index in [9.17, 15) is 8.42 Å². The average Bonchev–Trinajstić information content (AvgIpc) is 2.26. The molecule has 6 nitrogen and oxygen atoms in total. The first-order valence-corrected chi connectivity index (χ1v) is 6.63. The zero-order valence-corrected chi connectivity index (χ0v) is 10.6. The summed E-state index contributed by atoms with van der Waals surface area (Å²) < 4.78 is 31.7. The van der Waals surface area contributed by atoms with Crippen LogP contribution in [0.25, 0.3) is 0 Å². The Balaban J connectivity index is 2.70. The van der Waals surface area contributed by atoms with Gasteiger partial charge in [0.05, 0.1) is 20.0 Å². The van der Waals surface area contributed by atoms with Crippen LogP contribution < -0.4 is 19.9 Å². The van der Waals surface area contributed by atoms with Crippen molar-refractivity contribution in [3.8, 4) is 11.5 Å². The predicted octanol–water partition coefficient (Wildman–Crippen LogP) is 0.404. The van der Waals surface area contributed by atoms with Crippen LogP contribution in [0.2, 0.25) is 0 Å². The second-order valence-electron chi connectivity index (χ2n) is 3.40. The standard InChI is InChI=1S/C10H16N2O4S/c1-15-9-5-8(6-10(7-9)16-2)12-3-4-17(11,13)14/h5-7,12H,3-4H2,1-2H3,(H2,11,13,14). The summed E-state index contributed by atoms with van der Waals surface area (Å²) in [5, 5.41) is 7.83. The average molecular weight is 260 g/mol. The van der Waals surface area contributed by atoms with Gasteiger partial charge in [0.15, 0.2) is 0 Å². The summed E-state index contributed by atoms with van der Waals surface area (Å²) in [7, 11) is -0.362. The molecule has 0 saturated heterocycles. The monoisotopic (exact) mass is 260 g/mol. The van der Waals surface area contributed by atoms with Gasteiger partial charge in [0.2, 0.25) is 10.0 Å². The van der Waals surface area contributed by atoms with E-state index >= 15 is 0 Å². The highest BCUT2D eigenvalue weighted by Crippen LogP contribution is 2.25. The molecule has 0 fully saturated rings. The summed E-state index contributed by atoms with van der Waals surface area (Å²) in [5.41, 5.74) is 0.713. The van der Waals surface area contributed by atoms with Gasteiger partial charge >= 0.3 is 0 Å². The van der Waals surface area contributed by atoms with E-state index in [2.05, 4.69) is 5.32 Å². The molecule has 0 aliphatic rings. The fourth-order valence-electron chi connectivity index (χ4n) is 1.25. The molecule has 0 heterocycles. The number of sulfonamides is 1. The topological polar surface area (TPSA) is 90.6 Å². The Kier molecular flexibility index (Phi) is 4.59. The molecule has 0 aliphatic carbocycles. The lowest BCUT2D eigenvalue weighted by Gasteiger charge is -2.10. The van der Waals surface area contributed by atoms with Gasteiger partial charge in [-0.2, -0.15) is 0 Å². The molecule has 17 heavy (non-hydrogen) atoms. The molecule has 0 atom stereocenters. The maximum Gasteiger partial charge on any atom is 0.210 e. The normalized spacial score (nSPS) is 11.0. The van der Waals surface area contributed by atoms with Crippen molar-refractivity contribution in [3.63, 3.8) is 0 Å². The van der Waals surface area contributed by atoms with E-state index in [0.717, 1.165) is 0 Å². The van der Waals surface area contributed by atoms with Gasteiger partial charge in [0.25, 0.3) is 0 Å². The van der Waals surface area contributed by atoms with Gasteiger partial charge < -0.3 is 14.8 Å². The van der Waals surface area contributed by atoms with E-state index in [1.54, 1.807) is 32.4 Å². The maximum absolute atomic E-state index is 10.8. The van der Waals surface area contributed by atoms with Gasteiger partial charge in [-0.15, -0.1) is 0 Å².